The van der Waals surface area contributed by atoms with Crippen molar-refractivity contribution in [3.05, 3.63) is 120 Å². The van der Waals surface area contributed by atoms with Gasteiger partial charge in [0.2, 0.25) is 0 Å². The van der Waals surface area contributed by atoms with Crippen LogP contribution < -0.4 is 19.6 Å². The van der Waals surface area contributed by atoms with E-state index in [1.54, 1.807) is 0 Å². The normalized spacial score (nSPS) is 16.4. The van der Waals surface area contributed by atoms with E-state index in [2.05, 4.69) is 91.4 Å². The SMILES string of the molecule is CC(=O)Oc1c(I)cc(I)cc1/C=c1/sc2n(c1=O)[C@H](c1ccc(Br)cc1)C1=C(N=2)c2ccccc2CC1. The highest BCUT2D eigenvalue weighted by atomic mass is 127. The number of allylic oxidation sites excluding steroid dienone is 1. The molecule has 0 fully saturated rings. The van der Waals surface area contributed by atoms with Crippen molar-refractivity contribution in [2.45, 2.75) is 25.8 Å². The summed E-state index contributed by atoms with van der Waals surface area (Å²) in [6.45, 7) is 1.38. The molecule has 0 saturated heterocycles. The Kier molecular flexibility index (Phi) is 7.21. The summed E-state index contributed by atoms with van der Waals surface area (Å²) < 4.78 is 10.7. The topological polar surface area (TPSA) is 60.7 Å². The third kappa shape index (κ3) is 4.75. The fraction of sp³-hybridized carbons (Fsp3) is 0.138. The van der Waals surface area contributed by atoms with Crippen molar-refractivity contribution in [1.82, 2.24) is 4.57 Å². The van der Waals surface area contributed by atoms with E-state index in [1.807, 2.05) is 41.0 Å². The second-order valence-corrected chi connectivity index (χ2v) is 13.4. The molecule has 1 aliphatic carbocycles. The van der Waals surface area contributed by atoms with Crippen LogP contribution in [0.25, 0.3) is 11.8 Å². The Labute approximate surface area is 258 Å². The van der Waals surface area contributed by atoms with E-state index in [0.717, 1.165) is 46.9 Å². The number of benzene rings is 3. The lowest BCUT2D eigenvalue weighted by Crippen LogP contribution is -2.38. The number of aryl methyl sites for hydroxylation is 1. The summed E-state index contributed by atoms with van der Waals surface area (Å²) in [5.74, 6) is 0.0591. The molecule has 1 atom stereocenters. The minimum absolute atomic E-state index is 0.102. The van der Waals surface area contributed by atoms with Crippen LogP contribution in [0, 0.1) is 7.14 Å². The van der Waals surface area contributed by atoms with E-state index >= 15 is 0 Å². The van der Waals surface area contributed by atoms with Gasteiger partial charge >= 0.3 is 5.97 Å². The number of thiazole rings is 1. The quantitative estimate of drug-likeness (QED) is 0.141. The van der Waals surface area contributed by atoms with Crippen molar-refractivity contribution in [1.29, 1.82) is 0 Å². The summed E-state index contributed by atoms with van der Waals surface area (Å²) in [4.78, 5) is 31.6. The number of ether oxygens (including phenoxy) is 1. The van der Waals surface area contributed by atoms with Gasteiger partial charge in [0, 0.05) is 26.1 Å². The maximum Gasteiger partial charge on any atom is 0.308 e. The van der Waals surface area contributed by atoms with Crippen LogP contribution in [0.5, 0.6) is 5.75 Å². The summed E-state index contributed by atoms with van der Waals surface area (Å²) in [6, 6.07) is 20.2. The van der Waals surface area contributed by atoms with Gasteiger partial charge in [-0.25, -0.2) is 4.99 Å². The first-order chi connectivity index (χ1) is 18.3. The molecule has 0 amide bonds. The van der Waals surface area contributed by atoms with Crippen LogP contribution in [-0.2, 0) is 11.2 Å². The fourth-order valence-electron chi connectivity index (χ4n) is 5.05. The molecule has 0 saturated carbocycles. The fourth-order valence-corrected chi connectivity index (χ4v) is 8.30. The zero-order valence-corrected chi connectivity index (χ0v) is 26.7. The van der Waals surface area contributed by atoms with Gasteiger partial charge in [-0.1, -0.05) is 63.7 Å². The summed E-state index contributed by atoms with van der Waals surface area (Å²) in [6.07, 6.45) is 3.57. The predicted octanol–water partition coefficient (Wildman–Crippen LogP) is 6.22. The van der Waals surface area contributed by atoms with Crippen LogP contribution in [0.1, 0.15) is 41.6 Å². The molecule has 1 aromatic heterocycles. The van der Waals surface area contributed by atoms with E-state index in [4.69, 9.17) is 9.73 Å². The zero-order valence-electron chi connectivity index (χ0n) is 20.0. The molecule has 0 N–H and O–H groups in total. The van der Waals surface area contributed by atoms with E-state index in [-0.39, 0.29) is 11.6 Å². The molecule has 190 valence electrons. The number of hydrogen-bond acceptors (Lipinski definition) is 5. The Hall–Kier alpha value is -2.09. The first-order valence-corrected chi connectivity index (χ1v) is 15.6. The van der Waals surface area contributed by atoms with Crippen LogP contribution in [0.4, 0.5) is 0 Å². The Balaban J connectivity index is 1.62. The number of nitrogens with zero attached hydrogens (tertiary/aromatic N) is 2. The van der Waals surface area contributed by atoms with Gasteiger partial charge in [0.15, 0.2) is 10.6 Å². The molecule has 0 bridgehead atoms. The van der Waals surface area contributed by atoms with Gasteiger partial charge in [-0.3, -0.25) is 14.2 Å². The molecule has 6 rings (SSSR count). The molecule has 3 aromatic carbocycles. The summed E-state index contributed by atoms with van der Waals surface area (Å²) in [5, 5.41) is 0. The molecular weight excluding hydrogens is 790 g/mol. The number of fused-ring (bicyclic) bond motifs is 3. The zero-order chi connectivity index (χ0) is 26.6. The van der Waals surface area contributed by atoms with Gasteiger partial charge in [0.1, 0.15) is 0 Å². The lowest BCUT2D eigenvalue weighted by molar-refractivity contribution is -0.131. The molecule has 5 nitrogen and oxygen atoms in total. The van der Waals surface area contributed by atoms with Crippen molar-refractivity contribution in [2.75, 3.05) is 0 Å². The van der Waals surface area contributed by atoms with Crippen molar-refractivity contribution < 1.29 is 9.53 Å². The highest BCUT2D eigenvalue weighted by molar-refractivity contribution is 14.1. The maximum atomic E-state index is 14.0. The summed E-state index contributed by atoms with van der Waals surface area (Å²) in [5.41, 5.74) is 6.19. The molecule has 0 spiro atoms. The standard InChI is InChI=1S/C29H19BrI2N2O3S/c1-15(35)37-27-18(12-20(31)14-23(27)32)13-24-28(36)34-26(17-6-9-19(30)10-7-17)22-11-8-16-4-2-3-5-21(16)25(22)33-29(34)38-24/h2-7,9-10,12-14,26H,8,11H2,1H3/b24-13+/t26-/m1/s1. The monoisotopic (exact) mass is 808 g/mol. The summed E-state index contributed by atoms with van der Waals surface area (Å²) in [7, 11) is 0. The molecule has 2 aliphatic rings. The van der Waals surface area contributed by atoms with E-state index in [0.29, 0.717) is 20.6 Å². The molecule has 0 unspecified atom stereocenters. The first kappa shape index (κ1) is 26.1. The lowest BCUT2D eigenvalue weighted by Gasteiger charge is -2.30. The third-order valence-electron chi connectivity index (χ3n) is 6.63. The van der Waals surface area contributed by atoms with Gasteiger partial charge < -0.3 is 4.74 Å². The minimum Gasteiger partial charge on any atom is -0.425 e. The number of rotatable bonds is 3. The first-order valence-electron chi connectivity index (χ1n) is 11.9. The highest BCUT2D eigenvalue weighted by Crippen LogP contribution is 2.41. The Morgan fingerprint density at radius 1 is 1.13 bits per heavy atom. The maximum absolute atomic E-state index is 14.0. The molecule has 2 heterocycles. The van der Waals surface area contributed by atoms with Gasteiger partial charge in [-0.15, -0.1) is 0 Å². The van der Waals surface area contributed by atoms with Gasteiger partial charge in [0.05, 0.1) is 19.8 Å². The Bertz CT molecular complexity index is 1840. The van der Waals surface area contributed by atoms with Crippen LogP contribution in [0.15, 0.2) is 80.5 Å². The predicted molar refractivity (Wildman–Crippen MR) is 170 cm³/mol. The number of carbonyl (C=O) groups excluding carboxylic acids is 1. The Morgan fingerprint density at radius 2 is 1.89 bits per heavy atom. The second kappa shape index (κ2) is 10.5. The number of esters is 1. The van der Waals surface area contributed by atoms with E-state index < -0.39 is 5.97 Å². The smallest absolute Gasteiger partial charge is 0.308 e. The van der Waals surface area contributed by atoms with Gasteiger partial charge in [-0.05, 0) is 105 Å². The minimum atomic E-state index is -0.401. The third-order valence-corrected chi connectivity index (χ3v) is 9.56. The van der Waals surface area contributed by atoms with Gasteiger partial charge in [-0.2, -0.15) is 0 Å². The van der Waals surface area contributed by atoms with Crippen LogP contribution in [0.3, 0.4) is 0 Å². The van der Waals surface area contributed by atoms with Gasteiger partial charge in [0.25, 0.3) is 5.56 Å². The number of halogens is 3. The number of hydrogen-bond donors (Lipinski definition) is 0. The highest BCUT2D eigenvalue weighted by Gasteiger charge is 2.32. The number of aromatic nitrogens is 1. The van der Waals surface area contributed by atoms with Crippen LogP contribution in [-0.4, -0.2) is 10.5 Å². The average Bonchev–Trinajstić information content (AvgIpc) is 3.19. The molecule has 1 aliphatic heterocycles. The second-order valence-electron chi connectivity index (χ2n) is 9.06. The number of carbonyl (C=O) groups is 1. The summed E-state index contributed by atoms with van der Waals surface area (Å²) >= 11 is 9.30. The molecule has 0 radical (unpaired) electrons. The van der Waals surface area contributed by atoms with E-state index in [9.17, 15) is 9.59 Å². The molecular formula is C29H19BrI2N2O3S. The van der Waals surface area contributed by atoms with Crippen LogP contribution in [0.2, 0.25) is 0 Å². The molecule has 4 aromatic rings. The van der Waals surface area contributed by atoms with Crippen LogP contribution >= 0.6 is 72.4 Å². The van der Waals surface area contributed by atoms with Crippen molar-refractivity contribution in [3.8, 4) is 5.75 Å². The Morgan fingerprint density at radius 3 is 2.66 bits per heavy atom. The largest absolute Gasteiger partial charge is 0.425 e. The lowest BCUT2D eigenvalue weighted by atomic mass is 9.83. The molecule has 9 heteroatoms. The van der Waals surface area contributed by atoms with Crippen molar-refractivity contribution >= 4 is 90.2 Å². The van der Waals surface area contributed by atoms with E-state index in [1.165, 1.54) is 23.8 Å². The van der Waals surface area contributed by atoms with Crippen molar-refractivity contribution in [2.24, 2.45) is 4.99 Å². The molecule has 38 heavy (non-hydrogen) atoms. The van der Waals surface area contributed by atoms with Crippen molar-refractivity contribution in [3.63, 3.8) is 0 Å². The average molecular weight is 809 g/mol.